The minimum Gasteiger partial charge on any atom is -0.449 e. The van der Waals surface area contributed by atoms with Crippen LogP contribution >= 0.6 is 11.8 Å². The highest BCUT2D eigenvalue weighted by Gasteiger charge is 2.27. The van der Waals surface area contributed by atoms with E-state index in [1.54, 1.807) is 6.92 Å². The van der Waals surface area contributed by atoms with E-state index in [4.69, 9.17) is 9.26 Å². The third-order valence-corrected chi connectivity index (χ3v) is 4.34. The van der Waals surface area contributed by atoms with Crippen molar-refractivity contribution in [2.75, 3.05) is 5.32 Å². The van der Waals surface area contributed by atoms with Gasteiger partial charge >= 0.3 is 5.97 Å². The number of aromatic nitrogens is 1. The van der Waals surface area contributed by atoms with Crippen LogP contribution < -0.4 is 5.32 Å². The summed E-state index contributed by atoms with van der Waals surface area (Å²) in [6.45, 7) is 6.76. The molecule has 0 unspecified atom stereocenters. The number of ether oxygens (including phenoxy) is 1. The van der Waals surface area contributed by atoms with Crippen LogP contribution in [0.2, 0.25) is 0 Å². The average molecular weight is 398 g/mol. The van der Waals surface area contributed by atoms with Crippen molar-refractivity contribution in [2.24, 2.45) is 0 Å². The highest BCUT2D eigenvalue weighted by atomic mass is 32.2. The molecule has 0 saturated heterocycles. The molecule has 0 radical (unpaired) electrons. The summed E-state index contributed by atoms with van der Waals surface area (Å²) >= 11 is 0.414. The van der Waals surface area contributed by atoms with Crippen molar-refractivity contribution in [2.45, 2.75) is 50.4 Å². The van der Waals surface area contributed by atoms with E-state index in [0.29, 0.717) is 33.8 Å². The lowest BCUT2D eigenvalue weighted by molar-refractivity contribution is -0.123. The summed E-state index contributed by atoms with van der Waals surface area (Å²) in [5, 5.41) is 6.35. The van der Waals surface area contributed by atoms with Crippen LogP contribution in [0.3, 0.4) is 0 Å². The van der Waals surface area contributed by atoms with Crippen LogP contribution in [-0.4, -0.2) is 28.9 Å². The first-order valence-corrected chi connectivity index (χ1v) is 9.10. The molecule has 146 valence electrons. The van der Waals surface area contributed by atoms with Crippen LogP contribution in [0.5, 0.6) is 0 Å². The van der Waals surface area contributed by atoms with Gasteiger partial charge in [-0.05, 0) is 38.1 Å². The summed E-state index contributed by atoms with van der Waals surface area (Å²) < 4.78 is 35.0. The Kier molecular flexibility index (Phi) is 6.95. The van der Waals surface area contributed by atoms with Crippen molar-refractivity contribution in [3.8, 4) is 0 Å². The van der Waals surface area contributed by atoms with E-state index < -0.39 is 23.7 Å². The highest BCUT2D eigenvalue weighted by molar-refractivity contribution is 7.99. The van der Waals surface area contributed by atoms with Gasteiger partial charge in [-0.2, -0.15) is 8.78 Å². The van der Waals surface area contributed by atoms with Crippen molar-refractivity contribution in [1.82, 2.24) is 5.16 Å². The summed E-state index contributed by atoms with van der Waals surface area (Å²) in [6.07, 6.45) is -1.07. The number of hydrogen-bond acceptors (Lipinski definition) is 6. The number of esters is 1. The van der Waals surface area contributed by atoms with E-state index in [2.05, 4.69) is 10.5 Å². The fourth-order valence-electron chi connectivity index (χ4n) is 2.27. The van der Waals surface area contributed by atoms with Gasteiger partial charge in [0.25, 0.3) is 11.7 Å². The number of carbonyl (C=O) groups excluding carboxylic acids is 2. The molecule has 27 heavy (non-hydrogen) atoms. The normalized spacial score (nSPS) is 12.3. The first-order valence-electron chi connectivity index (χ1n) is 8.22. The fourth-order valence-corrected chi connectivity index (χ4v) is 2.77. The molecular formula is C18H20F2N2O4S. The quantitative estimate of drug-likeness (QED) is 0.542. The van der Waals surface area contributed by atoms with E-state index >= 15 is 0 Å². The molecule has 0 aliphatic rings. The zero-order valence-electron chi connectivity index (χ0n) is 15.3. The maximum Gasteiger partial charge on any atom is 0.344 e. The number of aryl methyl sites for hydroxylation is 1. The Bertz CT molecular complexity index is 806. The topological polar surface area (TPSA) is 81.4 Å². The van der Waals surface area contributed by atoms with Gasteiger partial charge in [-0.15, -0.1) is 0 Å². The molecule has 1 aromatic carbocycles. The molecule has 9 heteroatoms. The number of halogens is 2. The van der Waals surface area contributed by atoms with Crippen LogP contribution in [0.1, 0.15) is 48.5 Å². The first-order chi connectivity index (χ1) is 12.7. The Hall–Kier alpha value is -2.42. The summed E-state index contributed by atoms with van der Waals surface area (Å²) in [5.41, 5.74) is 1.02. The smallest absolute Gasteiger partial charge is 0.344 e. The number of nitrogens with zero attached hydrogens (tertiary/aromatic N) is 1. The van der Waals surface area contributed by atoms with Crippen LogP contribution in [0.25, 0.3) is 0 Å². The summed E-state index contributed by atoms with van der Waals surface area (Å²) in [6, 6.07) is 5.94. The lowest BCUT2D eigenvalue weighted by Gasteiger charge is -2.14. The van der Waals surface area contributed by atoms with Gasteiger partial charge in [0, 0.05) is 16.5 Å². The minimum absolute atomic E-state index is 0.0671. The number of amides is 1. The van der Waals surface area contributed by atoms with Crippen molar-refractivity contribution < 1.29 is 27.6 Å². The molecule has 1 atom stereocenters. The molecule has 6 nitrogen and oxygen atoms in total. The van der Waals surface area contributed by atoms with E-state index in [9.17, 15) is 18.4 Å². The van der Waals surface area contributed by atoms with Crippen molar-refractivity contribution in [1.29, 1.82) is 0 Å². The van der Waals surface area contributed by atoms with Gasteiger partial charge < -0.3 is 14.6 Å². The number of rotatable bonds is 7. The van der Waals surface area contributed by atoms with Gasteiger partial charge in [-0.3, -0.25) is 4.79 Å². The number of alkyl halides is 2. The Morgan fingerprint density at radius 2 is 1.81 bits per heavy atom. The van der Waals surface area contributed by atoms with Gasteiger partial charge in [-0.1, -0.05) is 30.8 Å². The van der Waals surface area contributed by atoms with E-state index in [1.165, 1.54) is 31.2 Å². The molecule has 2 aromatic rings. The lowest BCUT2D eigenvalue weighted by Crippen LogP contribution is -2.30. The number of anilines is 1. The van der Waals surface area contributed by atoms with E-state index in [0.717, 1.165) is 0 Å². The fraction of sp³-hybridized carbons (Fsp3) is 0.389. The Morgan fingerprint density at radius 3 is 2.37 bits per heavy atom. The molecule has 0 aliphatic carbocycles. The number of hydrogen-bond donors (Lipinski definition) is 1. The largest absolute Gasteiger partial charge is 0.449 e. The lowest BCUT2D eigenvalue weighted by atomic mass is 10.1. The average Bonchev–Trinajstić information content (AvgIpc) is 2.98. The van der Waals surface area contributed by atoms with Gasteiger partial charge in [0.05, 0.1) is 5.69 Å². The first kappa shape index (κ1) is 20.9. The van der Waals surface area contributed by atoms with Gasteiger partial charge in [0.1, 0.15) is 5.56 Å². The second-order valence-electron chi connectivity index (χ2n) is 6.10. The molecule has 0 spiro atoms. The molecule has 0 saturated carbocycles. The Labute approximate surface area is 159 Å². The van der Waals surface area contributed by atoms with Crippen LogP contribution in [0.4, 0.5) is 14.5 Å². The SMILES string of the molecule is Cc1noc(C(C)C)c1C(=O)O[C@H](C)C(=O)Nc1ccc(SC(F)F)cc1. The van der Waals surface area contributed by atoms with E-state index in [-0.39, 0.29) is 11.5 Å². The standard InChI is InChI=1S/C18H20F2N2O4S/c1-9(2)15-14(10(3)22-26-15)17(24)25-11(4)16(23)21-12-5-7-13(8-6-12)27-18(19)20/h5-9,11,18H,1-4H3,(H,21,23)/t11-/m1/s1. The van der Waals surface area contributed by atoms with Crippen molar-refractivity contribution >= 4 is 29.3 Å². The molecule has 1 N–H and O–H groups in total. The van der Waals surface area contributed by atoms with Gasteiger partial charge in [0.15, 0.2) is 11.9 Å². The Balaban J connectivity index is 1.99. The predicted molar refractivity (Wildman–Crippen MR) is 97.1 cm³/mol. The van der Waals surface area contributed by atoms with E-state index in [1.807, 2.05) is 13.8 Å². The Morgan fingerprint density at radius 1 is 1.19 bits per heavy atom. The second kappa shape index (κ2) is 8.98. The zero-order chi connectivity index (χ0) is 20.1. The second-order valence-corrected chi connectivity index (χ2v) is 7.17. The molecule has 0 aliphatic heterocycles. The predicted octanol–water partition coefficient (Wildman–Crippen LogP) is 4.61. The molecule has 1 amide bonds. The maximum absolute atomic E-state index is 12.4. The summed E-state index contributed by atoms with van der Waals surface area (Å²) in [5.74, 6) is -3.41. The van der Waals surface area contributed by atoms with Crippen molar-refractivity contribution in [3.63, 3.8) is 0 Å². The van der Waals surface area contributed by atoms with Crippen LogP contribution in [0, 0.1) is 6.92 Å². The summed E-state index contributed by atoms with van der Waals surface area (Å²) in [7, 11) is 0. The maximum atomic E-state index is 12.4. The molecular weight excluding hydrogens is 378 g/mol. The number of carbonyl (C=O) groups is 2. The van der Waals surface area contributed by atoms with Gasteiger partial charge in [0.2, 0.25) is 0 Å². The molecule has 1 aromatic heterocycles. The number of nitrogens with one attached hydrogen (secondary N) is 1. The summed E-state index contributed by atoms with van der Waals surface area (Å²) in [4.78, 5) is 25.0. The zero-order valence-corrected chi connectivity index (χ0v) is 16.1. The monoisotopic (exact) mass is 398 g/mol. The highest BCUT2D eigenvalue weighted by Crippen LogP contribution is 2.26. The minimum atomic E-state index is -2.51. The number of thioether (sulfide) groups is 1. The van der Waals surface area contributed by atoms with Crippen molar-refractivity contribution in [3.05, 3.63) is 41.3 Å². The number of benzene rings is 1. The third kappa shape index (κ3) is 5.53. The molecule has 2 rings (SSSR count). The molecule has 1 heterocycles. The van der Waals surface area contributed by atoms with Crippen LogP contribution in [-0.2, 0) is 9.53 Å². The third-order valence-electron chi connectivity index (χ3n) is 3.62. The van der Waals surface area contributed by atoms with Crippen LogP contribution in [0.15, 0.2) is 33.7 Å². The van der Waals surface area contributed by atoms with Gasteiger partial charge in [-0.25, -0.2) is 4.79 Å². The molecule has 0 fully saturated rings. The molecule has 0 bridgehead atoms.